The largest absolute Gasteiger partial charge is 0.409 e. The molecule has 0 bridgehead atoms. The van der Waals surface area contributed by atoms with Crippen molar-refractivity contribution in [3.8, 4) is 0 Å². The lowest BCUT2D eigenvalue weighted by atomic mass is 9.81. The minimum Gasteiger partial charge on any atom is -0.409 e. The van der Waals surface area contributed by atoms with E-state index in [9.17, 15) is 9.59 Å². The Bertz CT molecular complexity index is 856. The molecule has 1 fully saturated rings. The van der Waals surface area contributed by atoms with Crippen LogP contribution in [0.4, 0.5) is 0 Å². The predicted molar refractivity (Wildman–Crippen MR) is 169 cm³/mol. The number of nitrogens with zero attached hydrogens (tertiary/aromatic N) is 1. The fourth-order valence-electron chi connectivity index (χ4n) is 4.82. The highest BCUT2D eigenvalue weighted by atomic mass is 28.4. The Hall–Kier alpha value is -0.786. The lowest BCUT2D eigenvalue weighted by Gasteiger charge is -2.44. The van der Waals surface area contributed by atoms with Gasteiger partial charge < -0.3 is 28.5 Å². The Labute approximate surface area is 247 Å². The normalized spacial score (nSPS) is 21.6. The average Bonchev–Trinajstić information content (AvgIpc) is 3.04. The highest BCUT2D eigenvalue weighted by Crippen LogP contribution is 2.43. The molecular weight excluding hydrogens is 541 g/mol. The first kappa shape index (κ1) is 37.2. The average molecular weight is 603 g/mol. The summed E-state index contributed by atoms with van der Waals surface area (Å²) in [4.78, 5) is 29.5. The first-order valence-electron chi connectivity index (χ1n) is 14.8. The summed E-state index contributed by atoms with van der Waals surface area (Å²) in [5.74, 6) is -0.445. The van der Waals surface area contributed by atoms with Gasteiger partial charge in [0.15, 0.2) is 16.6 Å². The molecule has 1 N–H and O–H groups in total. The van der Waals surface area contributed by atoms with Gasteiger partial charge in [0, 0.05) is 19.2 Å². The summed E-state index contributed by atoms with van der Waals surface area (Å²) < 4.78 is 24.7. The van der Waals surface area contributed by atoms with E-state index in [0.29, 0.717) is 13.2 Å². The summed E-state index contributed by atoms with van der Waals surface area (Å²) in [5.41, 5.74) is -0.457. The van der Waals surface area contributed by atoms with E-state index >= 15 is 0 Å². The van der Waals surface area contributed by atoms with Crippen LogP contribution in [0.5, 0.6) is 0 Å². The molecular formula is C30H62N2O6Si2. The quantitative estimate of drug-likeness (QED) is 0.219. The van der Waals surface area contributed by atoms with Crippen molar-refractivity contribution in [2.45, 2.75) is 143 Å². The fourth-order valence-corrected chi connectivity index (χ4v) is 7.45. The summed E-state index contributed by atoms with van der Waals surface area (Å²) in [6.07, 6.45) is -0.215. The molecule has 0 aromatic carbocycles. The van der Waals surface area contributed by atoms with E-state index in [2.05, 4.69) is 93.8 Å². The third-order valence-electron chi connectivity index (χ3n) is 8.56. The molecule has 1 heterocycles. The molecule has 10 heteroatoms. The molecule has 2 amide bonds. The van der Waals surface area contributed by atoms with Gasteiger partial charge in [-0.25, -0.2) is 0 Å². The van der Waals surface area contributed by atoms with Crippen LogP contribution in [0.25, 0.3) is 0 Å². The molecule has 40 heavy (non-hydrogen) atoms. The van der Waals surface area contributed by atoms with Crippen LogP contribution in [0.1, 0.15) is 82.6 Å². The van der Waals surface area contributed by atoms with Crippen molar-refractivity contribution in [3.05, 3.63) is 0 Å². The third-order valence-corrected chi connectivity index (χ3v) is 17.5. The minimum atomic E-state index is -2.35. The topological polar surface area (TPSA) is 86.3 Å². The van der Waals surface area contributed by atoms with Crippen molar-refractivity contribution in [2.24, 2.45) is 5.41 Å². The summed E-state index contributed by atoms with van der Waals surface area (Å²) in [5, 5.41) is 3.16. The number of hydrogen-bond acceptors (Lipinski definition) is 6. The second-order valence-electron chi connectivity index (χ2n) is 16.4. The van der Waals surface area contributed by atoms with Gasteiger partial charge in [0.1, 0.15) is 18.8 Å². The molecule has 0 spiro atoms. The van der Waals surface area contributed by atoms with Crippen LogP contribution in [-0.4, -0.2) is 90.6 Å². The van der Waals surface area contributed by atoms with E-state index in [0.717, 1.165) is 6.42 Å². The van der Waals surface area contributed by atoms with E-state index < -0.39 is 40.4 Å². The smallest absolute Gasteiger partial charge is 0.249 e. The van der Waals surface area contributed by atoms with Crippen LogP contribution in [0.15, 0.2) is 0 Å². The van der Waals surface area contributed by atoms with Gasteiger partial charge in [0.05, 0.1) is 19.3 Å². The number of carbonyl (C=O) groups excluding carboxylic acids is 2. The van der Waals surface area contributed by atoms with Crippen molar-refractivity contribution < 1.29 is 27.9 Å². The first-order valence-corrected chi connectivity index (χ1v) is 20.6. The van der Waals surface area contributed by atoms with Gasteiger partial charge in [0.25, 0.3) is 0 Å². The molecule has 0 saturated carbocycles. The van der Waals surface area contributed by atoms with Gasteiger partial charge in [-0.05, 0) is 61.9 Å². The predicted octanol–water partition coefficient (Wildman–Crippen LogP) is 5.97. The first-order chi connectivity index (χ1) is 17.7. The van der Waals surface area contributed by atoms with Crippen molar-refractivity contribution >= 4 is 28.4 Å². The Kier molecular flexibility index (Phi) is 12.3. The lowest BCUT2D eigenvalue weighted by molar-refractivity contribution is -0.144. The summed E-state index contributed by atoms with van der Waals surface area (Å²) in [6.45, 7) is 33.4. The monoisotopic (exact) mass is 602 g/mol. The van der Waals surface area contributed by atoms with Gasteiger partial charge >= 0.3 is 0 Å². The summed E-state index contributed by atoms with van der Waals surface area (Å²) in [7, 11) is -3.01. The summed E-state index contributed by atoms with van der Waals surface area (Å²) >= 11 is 0. The van der Waals surface area contributed by atoms with Crippen LogP contribution in [0, 0.1) is 5.41 Å². The van der Waals surface area contributed by atoms with Gasteiger partial charge in [-0.1, -0.05) is 62.3 Å². The maximum absolute atomic E-state index is 14.2. The van der Waals surface area contributed by atoms with Crippen LogP contribution in [0.2, 0.25) is 36.3 Å². The minimum absolute atomic E-state index is 0.0160. The highest BCUT2D eigenvalue weighted by Gasteiger charge is 2.55. The Balaban J connectivity index is 3.58. The van der Waals surface area contributed by atoms with E-state index in [4.69, 9.17) is 18.3 Å². The molecule has 0 radical (unpaired) electrons. The number of methoxy groups -OCH3 is 1. The van der Waals surface area contributed by atoms with Gasteiger partial charge in [-0.15, -0.1) is 0 Å². The second-order valence-corrected chi connectivity index (χ2v) is 25.9. The van der Waals surface area contributed by atoms with Crippen LogP contribution in [0.3, 0.4) is 0 Å². The second kappa shape index (κ2) is 13.2. The van der Waals surface area contributed by atoms with Crippen molar-refractivity contribution in [2.75, 3.05) is 33.5 Å². The maximum Gasteiger partial charge on any atom is 0.249 e. The van der Waals surface area contributed by atoms with Crippen LogP contribution in [-0.2, 0) is 27.9 Å². The number of nitrogens with one attached hydrogen (secondary N) is 1. The molecule has 236 valence electrons. The molecule has 1 saturated heterocycles. The highest BCUT2D eigenvalue weighted by molar-refractivity contribution is 6.74. The van der Waals surface area contributed by atoms with E-state index in [-0.39, 0.29) is 40.5 Å². The van der Waals surface area contributed by atoms with E-state index in [1.807, 2.05) is 13.8 Å². The summed E-state index contributed by atoms with van der Waals surface area (Å²) in [6, 6.07) is -0.818. The van der Waals surface area contributed by atoms with Crippen molar-refractivity contribution in [3.63, 3.8) is 0 Å². The molecule has 1 aliphatic rings. The molecule has 8 nitrogen and oxygen atoms in total. The fraction of sp³-hybridized carbons (Fsp3) is 0.933. The zero-order chi connectivity index (χ0) is 31.5. The van der Waals surface area contributed by atoms with Crippen molar-refractivity contribution in [1.82, 2.24) is 10.2 Å². The van der Waals surface area contributed by atoms with Gasteiger partial charge in [0.2, 0.25) is 11.8 Å². The molecule has 3 atom stereocenters. The van der Waals surface area contributed by atoms with Gasteiger partial charge in [-0.3, -0.25) is 9.59 Å². The SMILES string of the molecule is COCCOCC(=O)N1C[C@H](O[Si](C)(C)C(C)(C)C)[C@@H](O[Si](C)(C)C(C)(C)C)C1C(=O)NC(C)(C)CC(C)(C)C. The van der Waals surface area contributed by atoms with E-state index in [1.165, 1.54) is 0 Å². The molecule has 0 aromatic rings. The van der Waals surface area contributed by atoms with E-state index in [1.54, 1.807) is 12.0 Å². The number of hydrogen-bond donors (Lipinski definition) is 1. The maximum atomic E-state index is 14.2. The number of ether oxygens (including phenoxy) is 2. The lowest BCUT2D eigenvalue weighted by Crippen LogP contribution is -2.59. The number of amides is 2. The molecule has 0 aliphatic carbocycles. The molecule has 1 aliphatic heterocycles. The zero-order valence-corrected chi connectivity index (χ0v) is 30.7. The number of likely N-dealkylation sites (tertiary alicyclic amines) is 1. The van der Waals surface area contributed by atoms with Crippen molar-refractivity contribution in [1.29, 1.82) is 0 Å². The van der Waals surface area contributed by atoms with Crippen LogP contribution < -0.4 is 5.32 Å². The molecule has 1 rings (SSSR count). The Morgan fingerprint density at radius 3 is 1.77 bits per heavy atom. The Morgan fingerprint density at radius 2 is 1.32 bits per heavy atom. The Morgan fingerprint density at radius 1 is 0.825 bits per heavy atom. The van der Waals surface area contributed by atoms with Crippen LogP contribution >= 0.6 is 0 Å². The molecule has 0 aromatic heterocycles. The number of rotatable bonds is 12. The third kappa shape index (κ3) is 10.5. The molecule has 1 unspecified atom stereocenters. The standard InChI is InChI=1S/C30H62N2O6Si2/c1-27(2,3)21-30(10,11)31-26(34)24-25(38-40(15,16)29(7,8)9)22(37-39(13,14)28(4,5)6)19-32(24)23(33)20-36-18-17-35-12/h22,24-25H,17-21H2,1-16H3,(H,31,34)/t22-,24?,25+/m0/s1. The number of carbonyl (C=O) groups is 2. The zero-order valence-electron chi connectivity index (χ0n) is 28.7. The van der Waals surface area contributed by atoms with Gasteiger partial charge in [-0.2, -0.15) is 0 Å².